The molecule has 0 atom stereocenters. The van der Waals surface area contributed by atoms with Crippen molar-refractivity contribution in [3.05, 3.63) is 11.2 Å². The van der Waals surface area contributed by atoms with Crippen LogP contribution in [-0.4, -0.2) is 55.0 Å². The van der Waals surface area contributed by atoms with Gasteiger partial charge in [0.25, 0.3) is 5.78 Å². The Balaban J connectivity index is 2.62. The zero-order chi connectivity index (χ0) is 13.9. The Morgan fingerprint density at radius 2 is 1.89 bits per heavy atom. The molecule has 0 radical (unpaired) electrons. The van der Waals surface area contributed by atoms with Gasteiger partial charge in [-0.15, -0.1) is 0 Å². The number of carbonyl (C=O) groups is 1. The van der Waals surface area contributed by atoms with Crippen LogP contribution in [0.1, 0.15) is 12.8 Å². The number of halogens is 4. The van der Waals surface area contributed by atoms with Crippen LogP contribution in [0.4, 0.5) is 13.2 Å². The van der Waals surface area contributed by atoms with E-state index in [0.29, 0.717) is 0 Å². The fourth-order valence-corrected chi connectivity index (χ4v) is 2.14. The van der Waals surface area contributed by atoms with Crippen LogP contribution in [0.15, 0.2) is 11.2 Å². The molecule has 1 saturated heterocycles. The van der Waals surface area contributed by atoms with Crippen molar-refractivity contribution in [2.75, 3.05) is 27.2 Å². The highest BCUT2D eigenvalue weighted by atomic mass is 35.5. The second-order valence-electron chi connectivity index (χ2n) is 4.50. The zero-order valence-corrected chi connectivity index (χ0v) is 11.1. The summed E-state index contributed by atoms with van der Waals surface area (Å²) in [5, 5.41) is -0.788. The van der Waals surface area contributed by atoms with Crippen LogP contribution in [0.2, 0.25) is 0 Å². The molecule has 0 N–H and O–H groups in total. The van der Waals surface area contributed by atoms with Crippen molar-refractivity contribution in [2.45, 2.75) is 25.1 Å². The minimum absolute atomic E-state index is 0.121. The van der Waals surface area contributed by atoms with Crippen LogP contribution in [0.25, 0.3) is 0 Å². The molecule has 1 aliphatic rings. The van der Waals surface area contributed by atoms with Gasteiger partial charge in [-0.3, -0.25) is 4.79 Å². The molecule has 0 aliphatic carbocycles. The molecular formula is C11H16ClF3N2O. The van der Waals surface area contributed by atoms with E-state index < -0.39 is 17.0 Å². The topological polar surface area (TPSA) is 23.6 Å². The summed E-state index contributed by atoms with van der Waals surface area (Å²) in [6, 6.07) is 0.121. The number of rotatable bonds is 3. The molecule has 0 spiro atoms. The molecule has 1 aliphatic heterocycles. The van der Waals surface area contributed by atoms with E-state index in [1.165, 1.54) is 0 Å². The van der Waals surface area contributed by atoms with Crippen LogP contribution < -0.4 is 0 Å². The Bertz CT molecular complexity index is 336. The monoisotopic (exact) mass is 284 g/mol. The molecule has 18 heavy (non-hydrogen) atoms. The van der Waals surface area contributed by atoms with Crippen LogP contribution in [-0.2, 0) is 4.79 Å². The summed E-state index contributed by atoms with van der Waals surface area (Å²) in [7, 11) is 3.63. The average molecular weight is 285 g/mol. The quantitative estimate of drug-likeness (QED) is 0.743. The number of alkyl halides is 3. The van der Waals surface area contributed by atoms with Crippen molar-refractivity contribution in [3.8, 4) is 0 Å². The van der Waals surface area contributed by atoms with Gasteiger partial charge in [0.15, 0.2) is 0 Å². The number of allylic oxidation sites excluding steroid dienone is 1. The minimum atomic E-state index is -4.92. The molecule has 3 nitrogen and oxygen atoms in total. The van der Waals surface area contributed by atoms with Crippen molar-refractivity contribution < 1.29 is 18.0 Å². The van der Waals surface area contributed by atoms with Crippen LogP contribution in [0.3, 0.4) is 0 Å². The number of piperidine rings is 1. The zero-order valence-electron chi connectivity index (χ0n) is 10.3. The average Bonchev–Trinajstić information content (AvgIpc) is 2.27. The number of nitrogens with zero attached hydrogens (tertiary/aromatic N) is 2. The molecule has 0 saturated carbocycles. The van der Waals surface area contributed by atoms with Crippen LogP contribution in [0, 0.1) is 0 Å². The molecule has 0 aromatic carbocycles. The van der Waals surface area contributed by atoms with Crippen molar-refractivity contribution >= 4 is 17.4 Å². The van der Waals surface area contributed by atoms with E-state index in [9.17, 15) is 18.0 Å². The van der Waals surface area contributed by atoms with Gasteiger partial charge in [-0.25, -0.2) is 0 Å². The maximum atomic E-state index is 12.1. The third-order valence-corrected chi connectivity index (χ3v) is 3.32. The maximum Gasteiger partial charge on any atom is 0.455 e. The highest BCUT2D eigenvalue weighted by Crippen LogP contribution is 2.24. The molecule has 7 heteroatoms. The Hall–Kier alpha value is -0.750. The molecule has 1 heterocycles. The molecule has 0 aromatic heterocycles. The summed E-state index contributed by atoms with van der Waals surface area (Å²) < 4.78 is 36.4. The first-order chi connectivity index (χ1) is 8.21. The van der Waals surface area contributed by atoms with Gasteiger partial charge >= 0.3 is 6.18 Å². The molecular weight excluding hydrogens is 269 g/mol. The molecule has 0 amide bonds. The predicted octanol–water partition coefficient (Wildman–Crippen LogP) is 2.22. The maximum absolute atomic E-state index is 12.1. The number of Topliss-reactive ketones (excluding diaryl/α,β-unsaturated/α-hetero) is 1. The Kier molecular flexibility index (Phi) is 5.04. The van der Waals surface area contributed by atoms with Crippen molar-refractivity contribution in [1.82, 2.24) is 9.80 Å². The summed E-state index contributed by atoms with van der Waals surface area (Å²) in [5.41, 5.74) is 0. The molecule has 1 rings (SSSR count). The highest BCUT2D eigenvalue weighted by molar-refractivity contribution is 6.43. The lowest BCUT2D eigenvalue weighted by atomic mass is 10.0. The summed E-state index contributed by atoms with van der Waals surface area (Å²) in [6.07, 6.45) is -2.16. The second kappa shape index (κ2) is 5.93. The normalized spacial score (nSPS) is 20.0. The molecule has 104 valence electrons. The van der Waals surface area contributed by atoms with E-state index >= 15 is 0 Å². The fraction of sp³-hybridized carbons (Fsp3) is 0.727. The lowest BCUT2D eigenvalue weighted by Crippen LogP contribution is -2.40. The van der Waals surface area contributed by atoms with E-state index in [0.717, 1.165) is 32.1 Å². The van der Waals surface area contributed by atoms with Gasteiger partial charge in [-0.1, -0.05) is 11.6 Å². The van der Waals surface area contributed by atoms with Crippen molar-refractivity contribution in [2.24, 2.45) is 0 Å². The lowest BCUT2D eigenvalue weighted by Gasteiger charge is -2.34. The second-order valence-corrected chi connectivity index (χ2v) is 4.91. The first kappa shape index (κ1) is 15.3. The Morgan fingerprint density at radius 1 is 1.39 bits per heavy atom. The summed E-state index contributed by atoms with van der Waals surface area (Å²) in [5.74, 6) is -2.00. The van der Waals surface area contributed by atoms with Gasteiger partial charge in [0.05, 0.1) is 0 Å². The molecule has 0 aromatic rings. The first-order valence-electron chi connectivity index (χ1n) is 5.61. The summed E-state index contributed by atoms with van der Waals surface area (Å²) >= 11 is 5.40. The van der Waals surface area contributed by atoms with Gasteiger partial charge < -0.3 is 9.80 Å². The fourth-order valence-electron chi connectivity index (χ4n) is 1.88. The largest absolute Gasteiger partial charge is 0.455 e. The van der Waals surface area contributed by atoms with Gasteiger partial charge in [0.2, 0.25) is 0 Å². The molecule has 0 bridgehead atoms. The van der Waals surface area contributed by atoms with E-state index in [2.05, 4.69) is 4.90 Å². The third kappa shape index (κ3) is 4.17. The van der Waals surface area contributed by atoms with Crippen LogP contribution in [0.5, 0.6) is 0 Å². The Labute approximate surface area is 109 Å². The summed E-state index contributed by atoms with van der Waals surface area (Å²) in [6.45, 7) is 1.77. The van der Waals surface area contributed by atoms with Crippen LogP contribution >= 0.6 is 11.6 Å². The highest BCUT2D eigenvalue weighted by Gasteiger charge is 2.40. The van der Waals surface area contributed by atoms with Gasteiger partial charge in [0.1, 0.15) is 5.03 Å². The van der Waals surface area contributed by atoms with Gasteiger partial charge in [-0.2, -0.15) is 13.2 Å². The number of carbonyl (C=O) groups excluding carboxylic acids is 1. The summed E-state index contributed by atoms with van der Waals surface area (Å²) in [4.78, 5) is 14.6. The smallest absolute Gasteiger partial charge is 0.376 e. The number of likely N-dealkylation sites (tertiary alicyclic amines) is 1. The molecule has 0 unspecified atom stereocenters. The van der Waals surface area contributed by atoms with Crippen molar-refractivity contribution in [1.29, 1.82) is 0 Å². The standard InChI is InChI=1S/C11H16ClF3N2O/c1-16-5-3-8(4-6-16)17(2)7-9(12)10(18)11(13,14)15/h7-8H,3-6H2,1-2H3/b9-7-. The number of hydrogen-bond donors (Lipinski definition) is 0. The lowest BCUT2D eigenvalue weighted by molar-refractivity contribution is -0.165. The third-order valence-electron chi connectivity index (χ3n) is 3.06. The van der Waals surface area contributed by atoms with E-state index in [1.807, 2.05) is 7.05 Å². The minimum Gasteiger partial charge on any atom is -0.376 e. The SMILES string of the molecule is CN1CCC(N(C)/C=C(\Cl)C(=O)C(F)(F)F)CC1. The van der Waals surface area contributed by atoms with Gasteiger partial charge in [-0.05, 0) is 33.0 Å². The Morgan fingerprint density at radius 3 is 2.33 bits per heavy atom. The first-order valence-corrected chi connectivity index (χ1v) is 5.99. The van der Waals surface area contributed by atoms with Crippen molar-refractivity contribution in [3.63, 3.8) is 0 Å². The van der Waals surface area contributed by atoms with E-state index in [-0.39, 0.29) is 6.04 Å². The van der Waals surface area contributed by atoms with E-state index in [1.54, 1.807) is 11.9 Å². The van der Waals surface area contributed by atoms with E-state index in [4.69, 9.17) is 11.6 Å². The van der Waals surface area contributed by atoms with Gasteiger partial charge in [0, 0.05) is 19.3 Å². The predicted molar refractivity (Wildman–Crippen MR) is 63.3 cm³/mol. The number of ketones is 1. The number of hydrogen-bond acceptors (Lipinski definition) is 3. The molecule has 1 fully saturated rings.